The van der Waals surface area contributed by atoms with E-state index in [1.165, 1.54) is 12.8 Å². The molecule has 0 bridgehead atoms. The van der Waals surface area contributed by atoms with Gasteiger partial charge in [-0.15, -0.1) is 0 Å². The fourth-order valence-corrected chi connectivity index (χ4v) is 2.90. The molecule has 17 heavy (non-hydrogen) atoms. The Morgan fingerprint density at radius 3 is 2.41 bits per heavy atom. The van der Waals surface area contributed by atoms with Gasteiger partial charge in [-0.2, -0.15) is 0 Å². The zero-order chi connectivity index (χ0) is 12.4. The van der Waals surface area contributed by atoms with Crippen LogP contribution in [0.1, 0.15) is 32.6 Å². The number of nitrogens with zero attached hydrogens (tertiary/aromatic N) is 1. The van der Waals surface area contributed by atoms with Crippen molar-refractivity contribution in [2.75, 3.05) is 20.3 Å². The highest BCUT2D eigenvalue weighted by Crippen LogP contribution is 2.28. The average molecular weight is 240 g/mol. The van der Waals surface area contributed by atoms with E-state index in [1.54, 1.807) is 0 Å². The first-order valence-corrected chi connectivity index (χ1v) is 6.69. The molecule has 0 aromatic heterocycles. The van der Waals surface area contributed by atoms with Crippen LogP contribution in [0.25, 0.3) is 0 Å². The van der Waals surface area contributed by atoms with Crippen molar-refractivity contribution in [1.82, 2.24) is 4.90 Å². The summed E-state index contributed by atoms with van der Waals surface area (Å²) in [5, 5.41) is 0. The molecule has 2 fully saturated rings. The summed E-state index contributed by atoms with van der Waals surface area (Å²) in [6.45, 7) is 3.30. The molecule has 2 N–H and O–H groups in total. The summed E-state index contributed by atoms with van der Waals surface area (Å²) >= 11 is 0. The molecule has 4 nitrogen and oxygen atoms in total. The molecule has 0 aromatic rings. The van der Waals surface area contributed by atoms with Crippen LogP contribution in [-0.2, 0) is 9.53 Å². The Balaban J connectivity index is 1.90. The Morgan fingerprint density at radius 1 is 1.24 bits per heavy atom. The number of amides is 1. The number of rotatable bonds is 2. The molecule has 1 saturated carbocycles. The molecule has 1 aliphatic carbocycles. The van der Waals surface area contributed by atoms with Crippen LogP contribution in [0.4, 0.5) is 0 Å². The Bertz CT molecular complexity index is 275. The van der Waals surface area contributed by atoms with E-state index >= 15 is 0 Å². The molecule has 1 amide bonds. The number of ether oxygens (including phenoxy) is 1. The van der Waals surface area contributed by atoms with Crippen molar-refractivity contribution in [1.29, 1.82) is 0 Å². The predicted octanol–water partition coefficient (Wildman–Crippen LogP) is 0.997. The van der Waals surface area contributed by atoms with Crippen molar-refractivity contribution in [2.24, 2.45) is 17.6 Å². The van der Waals surface area contributed by atoms with Crippen LogP contribution in [0.15, 0.2) is 0 Å². The number of carbonyl (C=O) groups excluding carboxylic acids is 1. The molecule has 2 unspecified atom stereocenters. The summed E-state index contributed by atoms with van der Waals surface area (Å²) < 4.78 is 5.27. The van der Waals surface area contributed by atoms with E-state index < -0.39 is 0 Å². The first kappa shape index (κ1) is 12.8. The summed E-state index contributed by atoms with van der Waals surface area (Å²) in [4.78, 5) is 14.2. The van der Waals surface area contributed by atoms with Gasteiger partial charge in [-0.1, -0.05) is 6.92 Å². The maximum atomic E-state index is 12.3. The summed E-state index contributed by atoms with van der Waals surface area (Å²) in [5.74, 6) is 0.862. The molecule has 1 heterocycles. The topological polar surface area (TPSA) is 55.6 Å². The molecule has 98 valence electrons. The minimum atomic E-state index is -0.126. The SMILES string of the molecule is CC1CCC(N(C)C(=O)C2COCC2N)CC1. The molecule has 1 saturated heterocycles. The van der Waals surface area contributed by atoms with E-state index in [2.05, 4.69) is 6.92 Å². The second-order valence-electron chi connectivity index (χ2n) is 5.67. The van der Waals surface area contributed by atoms with Gasteiger partial charge in [-0.25, -0.2) is 0 Å². The van der Waals surface area contributed by atoms with Gasteiger partial charge in [0.1, 0.15) is 0 Å². The van der Waals surface area contributed by atoms with E-state index in [1.807, 2.05) is 11.9 Å². The lowest BCUT2D eigenvalue weighted by molar-refractivity contribution is -0.137. The Morgan fingerprint density at radius 2 is 1.88 bits per heavy atom. The third-order valence-electron chi connectivity index (χ3n) is 4.32. The van der Waals surface area contributed by atoms with Gasteiger partial charge in [0.05, 0.1) is 19.1 Å². The minimum Gasteiger partial charge on any atom is -0.379 e. The zero-order valence-electron chi connectivity index (χ0n) is 10.9. The highest BCUT2D eigenvalue weighted by atomic mass is 16.5. The summed E-state index contributed by atoms with van der Waals surface area (Å²) in [7, 11) is 1.92. The Hall–Kier alpha value is -0.610. The maximum absolute atomic E-state index is 12.3. The quantitative estimate of drug-likeness (QED) is 0.783. The van der Waals surface area contributed by atoms with Gasteiger partial charge in [0.15, 0.2) is 0 Å². The normalized spacial score (nSPS) is 38.1. The minimum absolute atomic E-state index is 0.118. The van der Waals surface area contributed by atoms with E-state index in [9.17, 15) is 4.79 Å². The van der Waals surface area contributed by atoms with Crippen molar-refractivity contribution in [3.63, 3.8) is 0 Å². The van der Waals surface area contributed by atoms with Gasteiger partial charge in [0.2, 0.25) is 5.91 Å². The fourth-order valence-electron chi connectivity index (χ4n) is 2.90. The smallest absolute Gasteiger partial charge is 0.229 e. The second-order valence-corrected chi connectivity index (χ2v) is 5.67. The average Bonchev–Trinajstić information content (AvgIpc) is 2.74. The summed E-state index contributed by atoms with van der Waals surface area (Å²) in [6, 6.07) is 0.291. The van der Waals surface area contributed by atoms with E-state index in [-0.39, 0.29) is 17.9 Å². The standard InChI is InChI=1S/C13H24N2O2/c1-9-3-5-10(6-4-9)15(2)13(16)11-7-17-8-12(11)14/h9-12H,3-8,14H2,1-2H3. The van der Waals surface area contributed by atoms with Gasteiger partial charge in [0.25, 0.3) is 0 Å². The molecule has 0 spiro atoms. The maximum Gasteiger partial charge on any atom is 0.229 e. The number of hydrogen-bond donors (Lipinski definition) is 1. The highest BCUT2D eigenvalue weighted by Gasteiger charge is 2.35. The first-order chi connectivity index (χ1) is 8.09. The molecular weight excluding hydrogens is 216 g/mol. The van der Waals surface area contributed by atoms with Crippen LogP contribution in [0.2, 0.25) is 0 Å². The molecule has 0 aromatic carbocycles. The molecule has 2 rings (SSSR count). The lowest BCUT2D eigenvalue weighted by atomic mass is 9.86. The largest absolute Gasteiger partial charge is 0.379 e. The molecule has 2 aliphatic rings. The molecule has 2 atom stereocenters. The molecule has 0 radical (unpaired) electrons. The van der Waals surface area contributed by atoms with Crippen molar-refractivity contribution in [3.05, 3.63) is 0 Å². The van der Waals surface area contributed by atoms with E-state index in [0.29, 0.717) is 19.3 Å². The summed E-state index contributed by atoms with van der Waals surface area (Å²) in [6.07, 6.45) is 4.73. The second kappa shape index (κ2) is 5.36. The highest BCUT2D eigenvalue weighted by molar-refractivity contribution is 5.80. The van der Waals surface area contributed by atoms with Gasteiger partial charge >= 0.3 is 0 Å². The number of nitrogens with two attached hydrogens (primary N) is 1. The lowest BCUT2D eigenvalue weighted by Gasteiger charge is -2.35. The van der Waals surface area contributed by atoms with Crippen LogP contribution in [-0.4, -0.2) is 43.2 Å². The van der Waals surface area contributed by atoms with Crippen molar-refractivity contribution in [3.8, 4) is 0 Å². The van der Waals surface area contributed by atoms with Crippen LogP contribution in [0, 0.1) is 11.8 Å². The molecule has 1 aliphatic heterocycles. The van der Waals surface area contributed by atoms with Gasteiger partial charge < -0.3 is 15.4 Å². The van der Waals surface area contributed by atoms with Crippen LogP contribution in [0.5, 0.6) is 0 Å². The third kappa shape index (κ3) is 2.80. The van der Waals surface area contributed by atoms with E-state index in [0.717, 1.165) is 18.8 Å². The molecule has 4 heteroatoms. The predicted molar refractivity (Wildman–Crippen MR) is 66.5 cm³/mol. The van der Waals surface area contributed by atoms with Crippen LogP contribution >= 0.6 is 0 Å². The Kier molecular flexibility index (Phi) is 4.05. The Labute approximate surface area is 103 Å². The van der Waals surface area contributed by atoms with Gasteiger partial charge in [-0.05, 0) is 31.6 Å². The number of carbonyl (C=O) groups is 1. The monoisotopic (exact) mass is 240 g/mol. The fraction of sp³-hybridized carbons (Fsp3) is 0.923. The van der Waals surface area contributed by atoms with Crippen molar-refractivity contribution < 1.29 is 9.53 Å². The van der Waals surface area contributed by atoms with Gasteiger partial charge in [0, 0.05) is 19.1 Å². The van der Waals surface area contributed by atoms with E-state index in [4.69, 9.17) is 10.5 Å². The zero-order valence-corrected chi connectivity index (χ0v) is 10.9. The first-order valence-electron chi connectivity index (χ1n) is 6.69. The summed E-state index contributed by atoms with van der Waals surface area (Å²) in [5.41, 5.74) is 5.90. The number of hydrogen-bond acceptors (Lipinski definition) is 3. The molecular formula is C13H24N2O2. The van der Waals surface area contributed by atoms with Crippen LogP contribution < -0.4 is 5.73 Å². The van der Waals surface area contributed by atoms with Crippen LogP contribution in [0.3, 0.4) is 0 Å². The van der Waals surface area contributed by atoms with Crippen molar-refractivity contribution in [2.45, 2.75) is 44.7 Å². The van der Waals surface area contributed by atoms with Crippen molar-refractivity contribution >= 4 is 5.91 Å². The van der Waals surface area contributed by atoms with Gasteiger partial charge in [-0.3, -0.25) is 4.79 Å². The third-order valence-corrected chi connectivity index (χ3v) is 4.32. The lowest BCUT2D eigenvalue weighted by Crippen LogP contribution is -2.47.